The number of rotatable bonds is 45. The Hall–Kier alpha value is -11.8. The summed E-state index contributed by atoms with van der Waals surface area (Å²) in [4.78, 5) is 171. The molecule has 6 rings (SSSR count). The summed E-state index contributed by atoms with van der Waals surface area (Å²) in [6, 6.07) is 9.83. The fraction of sp³-hybridized carbons (Fsp3) is 0.444. The van der Waals surface area contributed by atoms with Gasteiger partial charge in [-0.2, -0.15) is 5.21 Å². The third kappa shape index (κ3) is 27.8. The van der Waals surface area contributed by atoms with E-state index < -0.39 is 169 Å². The number of aromatic amines is 2. The van der Waals surface area contributed by atoms with E-state index >= 15 is 4.39 Å². The third-order valence-corrected chi connectivity index (χ3v) is 17.2. The largest absolute Gasteiger partial charge is 0.508 e. The summed E-state index contributed by atoms with van der Waals surface area (Å²) in [6.07, 6.45) is -0.123. The molecule has 21 N–H and O–H groups in total. The number of halogens is 1. The summed E-state index contributed by atoms with van der Waals surface area (Å²) < 4.78 is 21.4. The number of primary amides is 1. The zero-order valence-corrected chi connectivity index (χ0v) is 60.8. The summed E-state index contributed by atoms with van der Waals surface area (Å²) in [6.45, 7) is 5.16. The Balaban J connectivity index is 1.16. The van der Waals surface area contributed by atoms with Gasteiger partial charge < -0.3 is 99.9 Å². The molecule has 0 unspecified atom stereocenters. The van der Waals surface area contributed by atoms with Gasteiger partial charge in [0.1, 0.15) is 65.1 Å². The average molecular weight is 1520 g/mol. The Bertz CT molecular complexity index is 4070. The molecule has 36 nitrogen and oxygen atoms in total. The normalized spacial score (nSPS) is 14.1. The maximum atomic E-state index is 15.5. The number of tetrazole rings is 1. The van der Waals surface area contributed by atoms with Crippen LogP contribution in [0.1, 0.15) is 106 Å². The lowest BCUT2D eigenvalue weighted by Gasteiger charge is -2.34. The lowest BCUT2D eigenvalue weighted by molar-refractivity contribution is -0.142. The van der Waals surface area contributed by atoms with Crippen LogP contribution in [-0.2, 0) is 96.1 Å². The van der Waals surface area contributed by atoms with Crippen LogP contribution in [0.15, 0.2) is 97.5 Å². The first-order valence-electron chi connectivity index (χ1n) is 35.1. The number of aryl methyl sites for hydroxylation is 4. The molecule has 0 fully saturated rings. The molecule has 588 valence electrons. The Morgan fingerprint density at radius 1 is 0.670 bits per heavy atom. The quantitative estimate of drug-likeness (QED) is 0.0173. The molecule has 0 spiro atoms. The summed E-state index contributed by atoms with van der Waals surface area (Å²) in [5, 5.41) is 89.3. The first-order valence-corrected chi connectivity index (χ1v) is 35.1. The number of nitrogens with two attached hydrogens (primary N) is 2. The van der Waals surface area contributed by atoms with E-state index in [1.54, 1.807) is 49.5 Å². The number of aliphatic carboxylic acids is 1. The number of carbonyl (C=O) groups excluding carboxylic acids is 11. The number of nitrogens with zero attached hydrogens (tertiary/aromatic N) is 4. The van der Waals surface area contributed by atoms with Gasteiger partial charge in [0.05, 0.1) is 57.0 Å². The van der Waals surface area contributed by atoms with Crippen molar-refractivity contribution in [3.63, 3.8) is 0 Å². The number of hydrogen-bond acceptors (Lipinski definition) is 22. The molecule has 10 atom stereocenters. The number of carboxylic acid groups (broad SMARTS) is 1. The van der Waals surface area contributed by atoms with Crippen molar-refractivity contribution in [2.45, 2.75) is 172 Å². The van der Waals surface area contributed by atoms with Crippen molar-refractivity contribution in [3.05, 3.63) is 143 Å². The molecule has 2 aromatic heterocycles. The number of carboxylic acids is 1. The minimum absolute atomic E-state index is 0.00359. The van der Waals surface area contributed by atoms with Gasteiger partial charge in [0.25, 0.3) is 0 Å². The maximum absolute atomic E-state index is 15.5. The van der Waals surface area contributed by atoms with Gasteiger partial charge in [-0.3, -0.25) is 57.5 Å². The van der Waals surface area contributed by atoms with E-state index in [0.717, 1.165) is 67.5 Å². The summed E-state index contributed by atoms with van der Waals surface area (Å²) in [5.74, 6) is -14.0. The number of carbonyl (C=O) groups is 12. The number of benzene rings is 4. The second kappa shape index (κ2) is 42.5. The number of aromatic nitrogens is 6. The van der Waals surface area contributed by atoms with Gasteiger partial charge in [-0.15, -0.1) is 10.2 Å². The van der Waals surface area contributed by atoms with Gasteiger partial charge in [0.15, 0.2) is 5.82 Å². The van der Waals surface area contributed by atoms with Gasteiger partial charge in [-0.05, 0) is 148 Å². The second-order valence-electron chi connectivity index (χ2n) is 26.2. The van der Waals surface area contributed by atoms with E-state index in [4.69, 9.17) is 16.2 Å². The number of aromatic hydroxyl groups is 1. The highest BCUT2D eigenvalue weighted by Gasteiger charge is 2.43. The Labute approximate surface area is 625 Å². The lowest BCUT2D eigenvalue weighted by atomic mass is 9.90. The van der Waals surface area contributed by atoms with Gasteiger partial charge in [0.2, 0.25) is 65.0 Å². The first-order chi connectivity index (χ1) is 51.9. The van der Waals surface area contributed by atoms with Gasteiger partial charge in [-0.25, -0.2) is 9.37 Å². The van der Waals surface area contributed by atoms with Crippen LogP contribution in [0.25, 0.3) is 11.1 Å². The predicted octanol–water partition coefficient (Wildman–Crippen LogP) is -2.68. The minimum Gasteiger partial charge on any atom is -0.508 e. The number of hydrogen-bond donors (Lipinski definition) is 19. The molecule has 0 aliphatic carbocycles. The molecule has 0 aliphatic heterocycles. The highest BCUT2D eigenvalue weighted by molar-refractivity contribution is 6.00. The van der Waals surface area contributed by atoms with Crippen molar-refractivity contribution in [2.24, 2.45) is 11.5 Å². The lowest BCUT2D eigenvalue weighted by Crippen LogP contribution is -2.67. The summed E-state index contributed by atoms with van der Waals surface area (Å²) in [5.41, 5.74) is 14.0. The van der Waals surface area contributed by atoms with E-state index in [-0.39, 0.29) is 55.7 Å². The van der Waals surface area contributed by atoms with Crippen LogP contribution in [0, 0.1) is 12.7 Å². The van der Waals surface area contributed by atoms with E-state index in [0.29, 0.717) is 43.0 Å². The fourth-order valence-corrected chi connectivity index (χ4v) is 11.4. The molecule has 4 aromatic carbocycles. The average Bonchev–Trinajstić information content (AvgIpc) is 1.48. The minimum atomic E-state index is -2.40. The van der Waals surface area contributed by atoms with Crippen molar-refractivity contribution >= 4 is 70.9 Å². The zero-order chi connectivity index (χ0) is 79.9. The molecule has 0 radical (unpaired) electrons. The first kappa shape index (κ1) is 86.1. The van der Waals surface area contributed by atoms with Crippen LogP contribution in [0.5, 0.6) is 11.5 Å². The molecule has 0 saturated carbocycles. The van der Waals surface area contributed by atoms with E-state index in [1.165, 1.54) is 24.5 Å². The van der Waals surface area contributed by atoms with Crippen LogP contribution < -0.4 is 69.4 Å². The Morgan fingerprint density at radius 2 is 1.32 bits per heavy atom. The number of amides is 11. The van der Waals surface area contributed by atoms with Crippen molar-refractivity contribution < 1.29 is 92.2 Å². The molecule has 6 aromatic rings. The van der Waals surface area contributed by atoms with E-state index in [9.17, 15) is 83.1 Å². The number of nitrogens with one attached hydrogen (secondary N) is 12. The van der Waals surface area contributed by atoms with E-state index in [2.05, 4.69) is 83.8 Å². The zero-order valence-electron chi connectivity index (χ0n) is 60.8. The van der Waals surface area contributed by atoms with Crippen LogP contribution in [-0.4, -0.2) is 220 Å². The molecule has 109 heavy (non-hydrogen) atoms. The van der Waals surface area contributed by atoms with Crippen molar-refractivity contribution in [1.29, 1.82) is 0 Å². The Kier molecular flexibility index (Phi) is 33.6. The molecule has 2 heterocycles. The number of phenols is 1. The summed E-state index contributed by atoms with van der Waals surface area (Å²) in [7, 11) is 0. The molecule has 0 saturated heterocycles. The van der Waals surface area contributed by atoms with Gasteiger partial charge >= 0.3 is 5.97 Å². The van der Waals surface area contributed by atoms with Crippen LogP contribution in [0.3, 0.4) is 0 Å². The number of unbranched alkanes of at least 4 members (excludes halogenated alkanes) is 1. The topological polar surface area (TPSA) is 571 Å². The number of phenolic OH excluding ortho intramolecular Hbond substituents is 1. The monoisotopic (exact) mass is 1520 g/mol. The predicted molar refractivity (Wildman–Crippen MR) is 387 cm³/mol. The molecular weight excluding hydrogens is 1420 g/mol. The van der Waals surface area contributed by atoms with Crippen molar-refractivity contribution in [3.8, 4) is 22.6 Å². The molecule has 0 aliphatic rings. The number of imidazole rings is 1. The number of aliphatic hydroxyl groups excluding tert-OH is 3. The number of H-pyrrole nitrogens is 2. The molecule has 0 bridgehead atoms. The standard InChI is InChI=1S/C72H95FN18O18/c1-6-44-30-49(109-25-10-9-24-74)21-22-50(44)45-18-16-42(17-19-45)29-53(66(103)81-52(64(75)101)15-11-12-43-26-39(2)27-48(95)28-43)82-67(104)55(32-61(99)100)83-68(105)56(37-92)84-69(106)62(40(3)93)86-71(108)72(5,33-46-13-7-8-14-51(46)73)87-70(107)63(41(4)94)85-60(98)36-78-65(102)54(31-57-88-90-91-89-57)80-59(97)35-77-58(96)23-20-47-34-76-38-79-47/h7-8,13-14,16-19,21-22,26-28,30,34,38,40-41,52-56,62-63,92-95H,6,9-12,15,20,23-25,29,31-33,35-37,74H2,1-5H3,(H2,75,101)(H,76,79)(H,77,96)(H,78,102)(H,80,97)(H,81,103)(H,82,104)(H,83,105)(H,84,106)(H,85,98)(H,86,108)(H,87,107)(H,99,100)(H,88,89,90,91)/t40-,41-,52+,53+,54+,55+,56+,62+,63+,72+/m1/s1. The third-order valence-electron chi connectivity index (χ3n) is 17.2. The molecule has 37 heteroatoms. The van der Waals surface area contributed by atoms with Crippen LogP contribution >= 0.6 is 0 Å². The highest BCUT2D eigenvalue weighted by atomic mass is 19.1. The fourth-order valence-electron chi connectivity index (χ4n) is 11.4. The van der Waals surface area contributed by atoms with E-state index in [1.807, 2.05) is 31.2 Å². The number of ether oxygens (including phenoxy) is 1. The van der Waals surface area contributed by atoms with Crippen LogP contribution in [0.4, 0.5) is 4.39 Å². The number of aliphatic hydroxyl groups is 3. The highest BCUT2D eigenvalue weighted by Crippen LogP contribution is 2.29. The summed E-state index contributed by atoms with van der Waals surface area (Å²) >= 11 is 0. The molecular formula is C72H95FN18O18. The van der Waals surface area contributed by atoms with Crippen molar-refractivity contribution in [1.82, 2.24) is 83.8 Å². The molecule has 11 amide bonds. The maximum Gasteiger partial charge on any atom is 0.305 e. The van der Waals surface area contributed by atoms with Crippen LogP contribution in [0.2, 0.25) is 0 Å². The SMILES string of the molecule is CCc1cc(OCCCCN)ccc1-c1ccc(C[C@H](NC(=O)[C@H](CC(=O)O)NC(=O)[C@H](CO)NC(=O)[C@@H](NC(=O)[C@](C)(Cc2ccccc2F)NC(=O)[C@@H](NC(=O)CNC(=O)[C@H](Cc2nn[nH]n2)NC(=O)CNC(=O)CCc2c[nH]cn2)[C@@H](C)O)[C@@H](C)O)C(=O)N[C@@H](CCCc2cc(C)cc(O)c2)C(N)=O)cc1. The van der Waals surface area contributed by atoms with Gasteiger partial charge in [0, 0.05) is 31.9 Å². The second-order valence-corrected chi connectivity index (χ2v) is 26.2. The smallest absolute Gasteiger partial charge is 0.305 e. The van der Waals surface area contributed by atoms with Gasteiger partial charge in [-0.1, -0.05) is 66.7 Å². The Morgan fingerprint density at radius 3 is 1.95 bits per heavy atom. The van der Waals surface area contributed by atoms with Crippen molar-refractivity contribution in [2.75, 3.05) is 32.8 Å².